The Labute approximate surface area is 178 Å². The summed E-state index contributed by atoms with van der Waals surface area (Å²) in [5.74, 6) is 0.759. The first kappa shape index (κ1) is 23.2. The lowest BCUT2D eigenvalue weighted by molar-refractivity contribution is -0.115. The number of thioether (sulfide) groups is 1. The minimum Gasteiger partial charge on any atom is -0.396 e. The Balaban J connectivity index is 2.22. The molecule has 2 N–H and O–H groups in total. The second-order valence-corrected chi connectivity index (χ2v) is 9.03. The number of aliphatic hydroxyl groups excluding tert-OH is 1. The number of anilines is 1. The van der Waals surface area contributed by atoms with Gasteiger partial charge in [-0.25, -0.2) is 0 Å². The highest BCUT2D eigenvalue weighted by Gasteiger charge is 2.25. The lowest BCUT2D eigenvalue weighted by atomic mass is 9.89. The molecule has 0 aliphatic carbocycles. The summed E-state index contributed by atoms with van der Waals surface area (Å²) in [5.41, 5.74) is 3.61. The van der Waals surface area contributed by atoms with Crippen LogP contribution in [0.1, 0.15) is 67.4 Å². The lowest BCUT2D eigenvalue weighted by Gasteiger charge is -2.19. The molecule has 0 aliphatic heterocycles. The van der Waals surface area contributed by atoms with E-state index in [0.717, 1.165) is 5.56 Å². The molecule has 1 unspecified atom stereocenters. The fourth-order valence-electron chi connectivity index (χ4n) is 3.12. The molecule has 0 spiro atoms. The number of ketones is 1. The molecule has 1 atom stereocenters. The van der Waals surface area contributed by atoms with E-state index in [2.05, 4.69) is 39.1 Å². The van der Waals surface area contributed by atoms with Crippen molar-refractivity contribution >= 4 is 29.1 Å². The summed E-state index contributed by atoms with van der Waals surface area (Å²) in [7, 11) is 0. The Kier molecular flexibility index (Phi) is 8.93. The van der Waals surface area contributed by atoms with E-state index in [-0.39, 0.29) is 30.6 Å². The molecule has 0 aliphatic rings. The number of aliphatic hydroxyl groups is 1. The third kappa shape index (κ3) is 6.72. The fraction of sp³-hybridized carbons (Fsp3) is 0.417. The van der Waals surface area contributed by atoms with Crippen molar-refractivity contribution in [3.05, 3.63) is 65.2 Å². The number of nitrogens with one attached hydrogen (secondary N) is 1. The monoisotopic (exact) mass is 413 g/mol. The topological polar surface area (TPSA) is 66.4 Å². The van der Waals surface area contributed by atoms with Gasteiger partial charge in [0.2, 0.25) is 5.91 Å². The van der Waals surface area contributed by atoms with Gasteiger partial charge in [0, 0.05) is 23.4 Å². The van der Waals surface area contributed by atoms with Gasteiger partial charge in [0.05, 0.1) is 11.9 Å². The largest absolute Gasteiger partial charge is 0.396 e. The quantitative estimate of drug-likeness (QED) is 0.523. The molecular formula is C24H31NO3S. The zero-order valence-corrected chi connectivity index (χ0v) is 18.5. The first-order chi connectivity index (χ1) is 13.8. The number of carbonyl (C=O) groups excluding carboxylic acids is 2. The Morgan fingerprint density at radius 1 is 1.00 bits per heavy atom. The van der Waals surface area contributed by atoms with Crippen LogP contribution in [0.2, 0.25) is 0 Å². The first-order valence-electron chi connectivity index (χ1n) is 10.1. The predicted molar refractivity (Wildman–Crippen MR) is 122 cm³/mol. The van der Waals surface area contributed by atoms with E-state index < -0.39 is 5.25 Å². The lowest BCUT2D eigenvalue weighted by Crippen LogP contribution is -2.28. The van der Waals surface area contributed by atoms with E-state index in [1.165, 1.54) is 17.3 Å². The van der Waals surface area contributed by atoms with Crippen LogP contribution in [0.25, 0.3) is 0 Å². The highest BCUT2D eigenvalue weighted by molar-refractivity contribution is 8.00. The zero-order valence-electron chi connectivity index (χ0n) is 17.6. The second kappa shape index (κ2) is 11.2. The average molecular weight is 414 g/mol. The summed E-state index contributed by atoms with van der Waals surface area (Å²) in [6, 6.07) is 15.2. The van der Waals surface area contributed by atoms with Crippen molar-refractivity contribution in [1.82, 2.24) is 0 Å². The van der Waals surface area contributed by atoms with Gasteiger partial charge in [-0.1, -0.05) is 64.1 Å². The van der Waals surface area contributed by atoms with E-state index in [4.69, 9.17) is 0 Å². The van der Waals surface area contributed by atoms with E-state index in [0.29, 0.717) is 22.9 Å². The number of amides is 1. The molecule has 4 nitrogen and oxygen atoms in total. The molecule has 1 amide bonds. The number of hydrogen-bond donors (Lipinski definition) is 2. The second-order valence-electron chi connectivity index (χ2n) is 7.72. The molecule has 156 valence electrons. The van der Waals surface area contributed by atoms with E-state index in [1.807, 2.05) is 42.5 Å². The Hall–Kier alpha value is -2.11. The Morgan fingerprint density at radius 2 is 1.69 bits per heavy atom. The minimum atomic E-state index is -0.556. The van der Waals surface area contributed by atoms with Gasteiger partial charge in [-0.15, -0.1) is 11.8 Å². The molecule has 2 aromatic rings. The SMILES string of the molecule is CC(C)c1ccc(C(=O)CC(SCCO)C(=O)Nc2ccccc2)c(C(C)C)c1. The van der Waals surface area contributed by atoms with Gasteiger partial charge in [-0.3, -0.25) is 9.59 Å². The molecule has 0 saturated heterocycles. The van der Waals surface area contributed by atoms with Gasteiger partial charge in [-0.2, -0.15) is 0 Å². The molecule has 0 bridgehead atoms. The van der Waals surface area contributed by atoms with Crippen molar-refractivity contribution in [1.29, 1.82) is 0 Å². The molecule has 5 heteroatoms. The normalized spacial score (nSPS) is 12.2. The molecular weight excluding hydrogens is 382 g/mol. The summed E-state index contributed by atoms with van der Waals surface area (Å²) < 4.78 is 0. The van der Waals surface area contributed by atoms with E-state index in [1.54, 1.807) is 0 Å². The van der Waals surface area contributed by atoms with E-state index >= 15 is 0 Å². The highest BCUT2D eigenvalue weighted by Crippen LogP contribution is 2.28. The molecule has 0 aromatic heterocycles. The summed E-state index contributed by atoms with van der Waals surface area (Å²) in [4.78, 5) is 25.9. The van der Waals surface area contributed by atoms with Crippen molar-refractivity contribution in [2.45, 2.75) is 51.2 Å². The summed E-state index contributed by atoms with van der Waals surface area (Å²) in [6.07, 6.45) is 0.101. The smallest absolute Gasteiger partial charge is 0.237 e. The molecule has 0 saturated carbocycles. The number of Topliss-reactive ketones (excluding diaryl/α,β-unsaturated/α-hetero) is 1. The maximum Gasteiger partial charge on any atom is 0.237 e. The van der Waals surface area contributed by atoms with Crippen molar-refractivity contribution in [3.63, 3.8) is 0 Å². The Morgan fingerprint density at radius 3 is 2.28 bits per heavy atom. The van der Waals surface area contributed by atoms with Crippen LogP contribution >= 0.6 is 11.8 Å². The molecule has 0 fully saturated rings. The first-order valence-corrected chi connectivity index (χ1v) is 11.1. The summed E-state index contributed by atoms with van der Waals surface area (Å²) >= 11 is 1.31. The van der Waals surface area contributed by atoms with Gasteiger partial charge < -0.3 is 10.4 Å². The molecule has 29 heavy (non-hydrogen) atoms. The fourth-order valence-corrected chi connectivity index (χ4v) is 3.99. The summed E-state index contributed by atoms with van der Waals surface area (Å²) in [6.45, 7) is 8.40. The van der Waals surface area contributed by atoms with Gasteiger partial charge in [0.25, 0.3) is 0 Å². The van der Waals surface area contributed by atoms with Crippen LogP contribution in [0.4, 0.5) is 5.69 Å². The third-order valence-electron chi connectivity index (χ3n) is 4.78. The van der Waals surface area contributed by atoms with Crippen LogP contribution in [0, 0.1) is 0 Å². The van der Waals surface area contributed by atoms with Crippen molar-refractivity contribution < 1.29 is 14.7 Å². The van der Waals surface area contributed by atoms with Gasteiger partial charge in [0.15, 0.2) is 5.78 Å². The number of para-hydroxylation sites is 1. The maximum absolute atomic E-state index is 13.1. The zero-order chi connectivity index (χ0) is 21.4. The van der Waals surface area contributed by atoms with Crippen LogP contribution < -0.4 is 5.32 Å². The number of hydrogen-bond acceptors (Lipinski definition) is 4. The van der Waals surface area contributed by atoms with Crippen LogP contribution in [-0.4, -0.2) is 34.4 Å². The van der Waals surface area contributed by atoms with Crippen LogP contribution in [0.5, 0.6) is 0 Å². The molecule has 0 heterocycles. The van der Waals surface area contributed by atoms with Crippen LogP contribution in [0.15, 0.2) is 48.5 Å². The Bertz CT molecular complexity index is 818. The number of carbonyl (C=O) groups is 2. The number of benzene rings is 2. The van der Waals surface area contributed by atoms with Gasteiger partial charge in [0.1, 0.15) is 0 Å². The maximum atomic E-state index is 13.1. The third-order valence-corrected chi connectivity index (χ3v) is 5.98. The number of rotatable bonds is 10. The van der Waals surface area contributed by atoms with E-state index in [9.17, 15) is 14.7 Å². The standard InChI is InChI=1S/C24H31NO3S/c1-16(2)18-10-11-20(21(14-18)17(3)4)22(27)15-23(29-13-12-26)24(28)25-19-8-6-5-7-9-19/h5-11,14,16-17,23,26H,12-13,15H2,1-4H3,(H,25,28). The average Bonchev–Trinajstić information content (AvgIpc) is 2.70. The van der Waals surface area contributed by atoms with Crippen molar-refractivity contribution in [2.24, 2.45) is 0 Å². The van der Waals surface area contributed by atoms with Crippen molar-refractivity contribution in [2.75, 3.05) is 17.7 Å². The summed E-state index contributed by atoms with van der Waals surface area (Å²) in [5, 5.41) is 11.5. The van der Waals surface area contributed by atoms with Crippen molar-refractivity contribution in [3.8, 4) is 0 Å². The minimum absolute atomic E-state index is 0.0334. The van der Waals surface area contributed by atoms with Crippen LogP contribution in [-0.2, 0) is 4.79 Å². The van der Waals surface area contributed by atoms with Gasteiger partial charge >= 0.3 is 0 Å². The van der Waals surface area contributed by atoms with Gasteiger partial charge in [-0.05, 0) is 35.1 Å². The van der Waals surface area contributed by atoms with Crippen LogP contribution in [0.3, 0.4) is 0 Å². The molecule has 2 rings (SSSR count). The highest BCUT2D eigenvalue weighted by atomic mass is 32.2. The molecule has 2 aromatic carbocycles. The predicted octanol–water partition coefficient (Wildman–Crippen LogP) is 5.24. The molecule has 0 radical (unpaired) electrons.